The molecule has 0 aromatic heterocycles. The molecule has 19 heavy (non-hydrogen) atoms. The fourth-order valence-electron chi connectivity index (χ4n) is 2.51. The molecule has 0 saturated carbocycles. The molecular formula is C15H23N3O. The number of likely N-dealkylation sites (N-methyl/N-ethyl adjacent to an activating group) is 1. The van der Waals surface area contributed by atoms with Crippen molar-refractivity contribution >= 4 is 17.3 Å². The number of benzene rings is 1. The van der Waals surface area contributed by atoms with Crippen LogP contribution in [0, 0.1) is 0 Å². The molecule has 2 rings (SSSR count). The van der Waals surface area contributed by atoms with E-state index >= 15 is 0 Å². The van der Waals surface area contributed by atoms with Gasteiger partial charge in [0.1, 0.15) is 0 Å². The molecule has 0 aliphatic carbocycles. The summed E-state index contributed by atoms with van der Waals surface area (Å²) < 4.78 is 0. The fourth-order valence-corrected chi connectivity index (χ4v) is 2.51. The van der Waals surface area contributed by atoms with E-state index in [0.717, 1.165) is 12.2 Å². The molecule has 0 radical (unpaired) electrons. The lowest BCUT2D eigenvalue weighted by Gasteiger charge is -2.33. The number of hydrogen-bond acceptors (Lipinski definition) is 3. The first-order valence-electron chi connectivity index (χ1n) is 6.94. The van der Waals surface area contributed by atoms with Crippen molar-refractivity contribution < 1.29 is 4.79 Å². The lowest BCUT2D eigenvalue weighted by molar-refractivity contribution is -0.120. The minimum atomic E-state index is 0.138. The quantitative estimate of drug-likeness (QED) is 0.848. The van der Waals surface area contributed by atoms with Crippen LogP contribution in [0.5, 0.6) is 0 Å². The second-order valence-corrected chi connectivity index (χ2v) is 5.36. The molecule has 1 aliphatic heterocycles. The molecule has 4 heteroatoms. The molecule has 4 nitrogen and oxygen atoms in total. The van der Waals surface area contributed by atoms with Gasteiger partial charge >= 0.3 is 0 Å². The molecule has 1 aromatic rings. The Balaban J connectivity index is 1.97. The molecule has 104 valence electrons. The average Bonchev–Trinajstić information content (AvgIpc) is 2.41. The van der Waals surface area contributed by atoms with E-state index in [1.54, 1.807) is 4.90 Å². The van der Waals surface area contributed by atoms with Gasteiger partial charge < -0.3 is 10.6 Å². The molecule has 0 spiro atoms. The van der Waals surface area contributed by atoms with Crippen molar-refractivity contribution in [1.82, 2.24) is 4.90 Å². The SMILES string of the molecule is CC1CCCCN1CC(=O)N(C)c1ccc(N)cc1. The number of anilines is 2. The summed E-state index contributed by atoms with van der Waals surface area (Å²) in [6, 6.07) is 7.92. The highest BCUT2D eigenvalue weighted by Crippen LogP contribution is 2.18. The lowest BCUT2D eigenvalue weighted by Crippen LogP contribution is -2.44. The van der Waals surface area contributed by atoms with Gasteiger partial charge in [-0.15, -0.1) is 0 Å². The first-order valence-corrected chi connectivity index (χ1v) is 6.94. The molecule has 1 unspecified atom stereocenters. The normalized spacial score (nSPS) is 20.2. The Morgan fingerprint density at radius 3 is 2.68 bits per heavy atom. The van der Waals surface area contributed by atoms with Crippen LogP contribution in [0.1, 0.15) is 26.2 Å². The van der Waals surface area contributed by atoms with Crippen LogP contribution in [0.2, 0.25) is 0 Å². The predicted octanol–water partition coefficient (Wildman–Crippen LogP) is 2.11. The van der Waals surface area contributed by atoms with Crippen LogP contribution < -0.4 is 10.6 Å². The highest BCUT2D eigenvalue weighted by atomic mass is 16.2. The van der Waals surface area contributed by atoms with Crippen LogP contribution >= 0.6 is 0 Å². The number of carbonyl (C=O) groups is 1. The number of likely N-dealkylation sites (tertiary alicyclic amines) is 1. The zero-order valence-electron chi connectivity index (χ0n) is 11.8. The van der Waals surface area contributed by atoms with Gasteiger partial charge in [-0.25, -0.2) is 0 Å². The third-order valence-electron chi connectivity index (χ3n) is 3.93. The average molecular weight is 261 g/mol. The molecule has 1 saturated heterocycles. The summed E-state index contributed by atoms with van der Waals surface area (Å²) in [5.41, 5.74) is 7.27. The van der Waals surface area contributed by atoms with Gasteiger partial charge in [0.25, 0.3) is 0 Å². The molecule has 1 aliphatic rings. The molecule has 0 bridgehead atoms. The molecule has 1 heterocycles. The Morgan fingerprint density at radius 1 is 1.37 bits per heavy atom. The zero-order valence-corrected chi connectivity index (χ0v) is 11.8. The fraction of sp³-hybridized carbons (Fsp3) is 0.533. The number of nitrogens with zero attached hydrogens (tertiary/aromatic N) is 2. The maximum atomic E-state index is 12.3. The second kappa shape index (κ2) is 6.06. The highest BCUT2D eigenvalue weighted by Gasteiger charge is 2.22. The van der Waals surface area contributed by atoms with Crippen molar-refractivity contribution in [3.63, 3.8) is 0 Å². The van der Waals surface area contributed by atoms with Crippen LogP contribution in [-0.2, 0) is 4.79 Å². The van der Waals surface area contributed by atoms with Crippen molar-refractivity contribution in [2.45, 2.75) is 32.2 Å². The van der Waals surface area contributed by atoms with E-state index in [0.29, 0.717) is 18.3 Å². The number of carbonyl (C=O) groups excluding carboxylic acids is 1. The Morgan fingerprint density at radius 2 is 2.05 bits per heavy atom. The van der Waals surface area contributed by atoms with E-state index in [1.165, 1.54) is 19.3 Å². The number of nitrogen functional groups attached to an aromatic ring is 1. The Hall–Kier alpha value is -1.55. The van der Waals surface area contributed by atoms with Gasteiger partial charge in [0, 0.05) is 24.5 Å². The van der Waals surface area contributed by atoms with E-state index in [9.17, 15) is 4.79 Å². The molecule has 1 aromatic carbocycles. The minimum Gasteiger partial charge on any atom is -0.399 e. The summed E-state index contributed by atoms with van der Waals surface area (Å²) in [5.74, 6) is 0.138. The van der Waals surface area contributed by atoms with Gasteiger partial charge in [-0.3, -0.25) is 9.69 Å². The van der Waals surface area contributed by atoms with Crippen LogP contribution in [0.15, 0.2) is 24.3 Å². The third kappa shape index (κ3) is 3.47. The van der Waals surface area contributed by atoms with E-state index in [-0.39, 0.29) is 5.91 Å². The van der Waals surface area contributed by atoms with Gasteiger partial charge in [-0.05, 0) is 50.6 Å². The van der Waals surface area contributed by atoms with Gasteiger partial charge in [0.2, 0.25) is 5.91 Å². The van der Waals surface area contributed by atoms with Crippen molar-refractivity contribution in [2.75, 3.05) is 30.8 Å². The van der Waals surface area contributed by atoms with Crippen LogP contribution in [0.4, 0.5) is 11.4 Å². The van der Waals surface area contributed by atoms with E-state index in [1.807, 2.05) is 31.3 Å². The molecule has 1 amide bonds. The topological polar surface area (TPSA) is 49.6 Å². The highest BCUT2D eigenvalue weighted by molar-refractivity contribution is 5.94. The van der Waals surface area contributed by atoms with Crippen molar-refractivity contribution in [3.05, 3.63) is 24.3 Å². The van der Waals surface area contributed by atoms with E-state index in [2.05, 4.69) is 11.8 Å². The summed E-state index contributed by atoms with van der Waals surface area (Å²) in [6.07, 6.45) is 3.67. The number of amides is 1. The summed E-state index contributed by atoms with van der Waals surface area (Å²) in [5, 5.41) is 0. The predicted molar refractivity (Wildman–Crippen MR) is 79.2 cm³/mol. The number of rotatable bonds is 3. The monoisotopic (exact) mass is 261 g/mol. The summed E-state index contributed by atoms with van der Waals surface area (Å²) in [7, 11) is 1.82. The van der Waals surface area contributed by atoms with Crippen molar-refractivity contribution in [1.29, 1.82) is 0 Å². The maximum Gasteiger partial charge on any atom is 0.240 e. The largest absolute Gasteiger partial charge is 0.399 e. The van der Waals surface area contributed by atoms with Crippen molar-refractivity contribution in [2.24, 2.45) is 0 Å². The standard InChI is InChI=1S/C15H23N3O/c1-12-5-3-4-10-18(12)11-15(19)17(2)14-8-6-13(16)7-9-14/h6-9,12H,3-5,10-11,16H2,1-2H3. The third-order valence-corrected chi connectivity index (χ3v) is 3.93. The Bertz CT molecular complexity index is 430. The van der Waals surface area contributed by atoms with E-state index in [4.69, 9.17) is 5.73 Å². The zero-order chi connectivity index (χ0) is 13.8. The van der Waals surface area contributed by atoms with Gasteiger partial charge in [0.05, 0.1) is 6.54 Å². The second-order valence-electron chi connectivity index (χ2n) is 5.36. The Labute approximate surface area is 115 Å². The minimum absolute atomic E-state index is 0.138. The van der Waals surface area contributed by atoms with Crippen LogP contribution in [0.25, 0.3) is 0 Å². The number of nitrogens with two attached hydrogens (primary N) is 1. The first kappa shape index (κ1) is 13.9. The summed E-state index contributed by atoms with van der Waals surface area (Å²) >= 11 is 0. The van der Waals surface area contributed by atoms with Gasteiger partial charge in [0.15, 0.2) is 0 Å². The molecule has 1 fully saturated rings. The lowest BCUT2D eigenvalue weighted by atomic mass is 10.0. The van der Waals surface area contributed by atoms with Gasteiger partial charge in [-0.2, -0.15) is 0 Å². The van der Waals surface area contributed by atoms with Crippen LogP contribution in [-0.4, -0.2) is 37.0 Å². The van der Waals surface area contributed by atoms with Crippen molar-refractivity contribution in [3.8, 4) is 0 Å². The smallest absolute Gasteiger partial charge is 0.240 e. The Kier molecular flexibility index (Phi) is 4.43. The summed E-state index contributed by atoms with van der Waals surface area (Å²) in [6.45, 7) is 3.74. The summed E-state index contributed by atoms with van der Waals surface area (Å²) in [4.78, 5) is 16.3. The molecule has 2 N–H and O–H groups in total. The number of piperidine rings is 1. The first-order chi connectivity index (χ1) is 9.08. The molecule has 1 atom stereocenters. The van der Waals surface area contributed by atoms with E-state index < -0.39 is 0 Å². The van der Waals surface area contributed by atoms with Gasteiger partial charge in [-0.1, -0.05) is 6.42 Å². The maximum absolute atomic E-state index is 12.3. The molecular weight excluding hydrogens is 238 g/mol. The number of hydrogen-bond donors (Lipinski definition) is 1. The van der Waals surface area contributed by atoms with Crippen LogP contribution in [0.3, 0.4) is 0 Å².